The first-order chi connectivity index (χ1) is 8.69. The van der Waals surface area contributed by atoms with E-state index in [1.54, 1.807) is 18.0 Å². The van der Waals surface area contributed by atoms with E-state index in [4.69, 9.17) is 5.73 Å². The maximum absolute atomic E-state index is 5.55. The third-order valence-electron chi connectivity index (χ3n) is 2.40. The Hall–Kier alpha value is -0.910. The zero-order valence-corrected chi connectivity index (χ0v) is 12.5. The molecule has 1 aromatic carbocycles. The number of aryl methyl sites for hydroxylation is 1. The van der Waals surface area contributed by atoms with E-state index in [1.165, 1.54) is 5.56 Å². The standard InChI is InChI=1S/C13H14BrN3S/c1-9-5-7-16-13(17-9)18-12-3-2-10(4-6-15)8-11(12)14/h2-3,5,7-8H,4,6,15H2,1H3. The summed E-state index contributed by atoms with van der Waals surface area (Å²) in [4.78, 5) is 9.74. The molecule has 0 amide bonds. The lowest BCUT2D eigenvalue weighted by Gasteiger charge is -2.06. The van der Waals surface area contributed by atoms with Gasteiger partial charge in [-0.3, -0.25) is 0 Å². The normalized spacial score (nSPS) is 10.6. The molecule has 0 aliphatic rings. The van der Waals surface area contributed by atoms with E-state index >= 15 is 0 Å². The zero-order chi connectivity index (χ0) is 13.0. The Morgan fingerprint density at radius 3 is 2.83 bits per heavy atom. The van der Waals surface area contributed by atoms with Gasteiger partial charge in [-0.1, -0.05) is 6.07 Å². The topological polar surface area (TPSA) is 51.8 Å². The van der Waals surface area contributed by atoms with Gasteiger partial charge in [0.25, 0.3) is 0 Å². The minimum absolute atomic E-state index is 0.667. The second kappa shape index (κ2) is 6.31. The molecule has 0 bridgehead atoms. The fraction of sp³-hybridized carbons (Fsp3) is 0.231. The molecular weight excluding hydrogens is 310 g/mol. The largest absolute Gasteiger partial charge is 0.330 e. The van der Waals surface area contributed by atoms with Crippen molar-refractivity contribution in [3.05, 3.63) is 46.2 Å². The van der Waals surface area contributed by atoms with Gasteiger partial charge < -0.3 is 5.73 Å². The number of nitrogens with zero attached hydrogens (tertiary/aromatic N) is 2. The Balaban J connectivity index is 2.19. The van der Waals surface area contributed by atoms with Crippen LogP contribution in [-0.2, 0) is 6.42 Å². The van der Waals surface area contributed by atoms with Gasteiger partial charge in [-0.25, -0.2) is 9.97 Å². The molecule has 0 atom stereocenters. The molecular formula is C13H14BrN3S. The van der Waals surface area contributed by atoms with Gasteiger partial charge in [0, 0.05) is 21.3 Å². The SMILES string of the molecule is Cc1ccnc(Sc2ccc(CCN)cc2Br)n1. The molecule has 0 saturated carbocycles. The van der Waals surface area contributed by atoms with E-state index in [2.05, 4.69) is 44.1 Å². The molecule has 3 nitrogen and oxygen atoms in total. The van der Waals surface area contributed by atoms with Gasteiger partial charge >= 0.3 is 0 Å². The second-order valence-electron chi connectivity index (χ2n) is 3.89. The maximum atomic E-state index is 5.55. The highest BCUT2D eigenvalue weighted by atomic mass is 79.9. The molecule has 94 valence electrons. The van der Waals surface area contributed by atoms with Crippen LogP contribution < -0.4 is 5.73 Å². The van der Waals surface area contributed by atoms with Crippen molar-refractivity contribution in [3.8, 4) is 0 Å². The first kappa shape index (κ1) is 13.5. The summed E-state index contributed by atoms with van der Waals surface area (Å²) < 4.78 is 1.06. The Morgan fingerprint density at radius 1 is 1.33 bits per heavy atom. The van der Waals surface area contributed by atoms with Crippen LogP contribution in [-0.4, -0.2) is 16.5 Å². The van der Waals surface area contributed by atoms with Crippen molar-refractivity contribution in [2.24, 2.45) is 5.73 Å². The quantitative estimate of drug-likeness (QED) is 0.878. The van der Waals surface area contributed by atoms with Crippen LogP contribution in [0.1, 0.15) is 11.3 Å². The molecule has 0 aliphatic heterocycles. The fourth-order valence-corrected chi connectivity index (χ4v) is 2.98. The van der Waals surface area contributed by atoms with Gasteiger partial charge in [-0.2, -0.15) is 0 Å². The van der Waals surface area contributed by atoms with E-state index in [9.17, 15) is 0 Å². The third kappa shape index (κ3) is 3.54. The van der Waals surface area contributed by atoms with Crippen LogP contribution in [0.2, 0.25) is 0 Å². The van der Waals surface area contributed by atoms with Crippen LogP contribution in [0.5, 0.6) is 0 Å². The monoisotopic (exact) mass is 323 g/mol. The second-order valence-corrected chi connectivity index (χ2v) is 5.75. The molecule has 2 N–H and O–H groups in total. The Bertz CT molecular complexity index is 546. The Labute approximate surface area is 119 Å². The number of benzene rings is 1. The third-order valence-corrected chi connectivity index (χ3v) is 4.28. The van der Waals surface area contributed by atoms with E-state index in [-0.39, 0.29) is 0 Å². The van der Waals surface area contributed by atoms with Crippen LogP contribution >= 0.6 is 27.7 Å². The highest BCUT2D eigenvalue weighted by Crippen LogP contribution is 2.32. The van der Waals surface area contributed by atoms with Crippen LogP contribution in [0.25, 0.3) is 0 Å². The highest BCUT2D eigenvalue weighted by molar-refractivity contribution is 9.10. The lowest BCUT2D eigenvalue weighted by atomic mass is 10.2. The number of rotatable bonds is 4. The molecule has 1 heterocycles. The number of aromatic nitrogens is 2. The molecule has 0 saturated heterocycles. The number of nitrogens with two attached hydrogens (primary N) is 1. The number of hydrogen-bond acceptors (Lipinski definition) is 4. The van der Waals surface area contributed by atoms with Gasteiger partial charge in [0.1, 0.15) is 0 Å². The molecule has 2 aromatic rings. The molecule has 0 aliphatic carbocycles. The van der Waals surface area contributed by atoms with E-state index in [0.29, 0.717) is 6.54 Å². The van der Waals surface area contributed by atoms with E-state index in [1.807, 2.05) is 13.0 Å². The summed E-state index contributed by atoms with van der Waals surface area (Å²) in [6.45, 7) is 2.63. The van der Waals surface area contributed by atoms with Crippen molar-refractivity contribution in [2.75, 3.05) is 6.54 Å². The molecule has 5 heteroatoms. The van der Waals surface area contributed by atoms with Crippen molar-refractivity contribution >= 4 is 27.7 Å². The number of halogens is 1. The van der Waals surface area contributed by atoms with E-state index < -0.39 is 0 Å². The molecule has 0 unspecified atom stereocenters. The van der Waals surface area contributed by atoms with Crippen molar-refractivity contribution < 1.29 is 0 Å². The van der Waals surface area contributed by atoms with Gasteiger partial charge in [0.2, 0.25) is 0 Å². The average molecular weight is 324 g/mol. The summed E-state index contributed by atoms with van der Waals surface area (Å²) in [6.07, 6.45) is 2.67. The van der Waals surface area contributed by atoms with Crippen molar-refractivity contribution in [1.29, 1.82) is 0 Å². The first-order valence-electron chi connectivity index (χ1n) is 5.65. The molecule has 1 aromatic heterocycles. The van der Waals surface area contributed by atoms with E-state index in [0.717, 1.165) is 26.6 Å². The number of hydrogen-bond donors (Lipinski definition) is 1. The zero-order valence-electron chi connectivity index (χ0n) is 10.1. The minimum atomic E-state index is 0.667. The summed E-state index contributed by atoms with van der Waals surface area (Å²) in [5, 5.41) is 0.766. The fourth-order valence-electron chi connectivity index (χ4n) is 1.52. The first-order valence-corrected chi connectivity index (χ1v) is 7.26. The summed E-state index contributed by atoms with van der Waals surface area (Å²) in [5.41, 5.74) is 7.76. The lowest BCUT2D eigenvalue weighted by molar-refractivity contribution is 0.931. The summed E-state index contributed by atoms with van der Waals surface area (Å²) in [5.74, 6) is 0. The molecule has 0 radical (unpaired) electrons. The minimum Gasteiger partial charge on any atom is -0.330 e. The molecule has 0 fully saturated rings. The Morgan fingerprint density at radius 2 is 2.17 bits per heavy atom. The summed E-state index contributed by atoms with van der Waals surface area (Å²) >= 11 is 5.13. The van der Waals surface area contributed by atoms with Crippen molar-refractivity contribution in [2.45, 2.75) is 23.4 Å². The predicted octanol–water partition coefficient (Wildman–Crippen LogP) is 3.20. The highest BCUT2D eigenvalue weighted by Gasteiger charge is 2.05. The molecule has 18 heavy (non-hydrogen) atoms. The van der Waals surface area contributed by atoms with Crippen LogP contribution in [0, 0.1) is 6.92 Å². The smallest absolute Gasteiger partial charge is 0.192 e. The molecule has 2 rings (SSSR count). The van der Waals surface area contributed by atoms with Gasteiger partial charge in [-0.05, 0) is 71.3 Å². The Kier molecular flexibility index (Phi) is 4.74. The van der Waals surface area contributed by atoms with Crippen LogP contribution in [0.3, 0.4) is 0 Å². The predicted molar refractivity (Wildman–Crippen MR) is 77.8 cm³/mol. The van der Waals surface area contributed by atoms with Gasteiger partial charge in [-0.15, -0.1) is 0 Å². The van der Waals surface area contributed by atoms with Gasteiger partial charge in [0.15, 0.2) is 5.16 Å². The summed E-state index contributed by atoms with van der Waals surface area (Å²) in [7, 11) is 0. The van der Waals surface area contributed by atoms with Crippen LogP contribution in [0.4, 0.5) is 0 Å². The summed E-state index contributed by atoms with van der Waals surface area (Å²) in [6, 6.07) is 8.16. The van der Waals surface area contributed by atoms with Crippen LogP contribution in [0.15, 0.2) is 45.0 Å². The average Bonchev–Trinajstić information content (AvgIpc) is 2.33. The van der Waals surface area contributed by atoms with Crippen molar-refractivity contribution in [3.63, 3.8) is 0 Å². The maximum Gasteiger partial charge on any atom is 0.192 e. The van der Waals surface area contributed by atoms with Gasteiger partial charge in [0.05, 0.1) is 0 Å². The molecule has 0 spiro atoms. The van der Waals surface area contributed by atoms with Crippen molar-refractivity contribution in [1.82, 2.24) is 9.97 Å². The lowest BCUT2D eigenvalue weighted by Crippen LogP contribution is -2.02.